The third-order valence-electron chi connectivity index (χ3n) is 2.35. The molecule has 0 saturated carbocycles. The van der Waals surface area contributed by atoms with E-state index in [1.807, 2.05) is 37.3 Å². The van der Waals surface area contributed by atoms with Crippen molar-refractivity contribution in [3.05, 3.63) is 58.1 Å². The van der Waals surface area contributed by atoms with Crippen LogP contribution in [0.5, 0.6) is 11.5 Å². The quantitative estimate of drug-likeness (QED) is 0.819. The molecule has 0 radical (unpaired) electrons. The highest BCUT2D eigenvalue weighted by atomic mass is 79.9. The van der Waals surface area contributed by atoms with Crippen LogP contribution in [0, 0.1) is 18.3 Å². The summed E-state index contributed by atoms with van der Waals surface area (Å²) in [6.45, 7) is 1.90. The van der Waals surface area contributed by atoms with Gasteiger partial charge in [0.1, 0.15) is 11.5 Å². The molecule has 0 heterocycles. The lowest BCUT2D eigenvalue weighted by Crippen LogP contribution is -1.87. The molecule has 2 aromatic rings. The zero-order valence-electron chi connectivity index (χ0n) is 9.27. The minimum atomic E-state index is 0.673. The van der Waals surface area contributed by atoms with E-state index in [1.54, 1.807) is 12.1 Å². The second-order valence-electron chi connectivity index (χ2n) is 3.65. The van der Waals surface area contributed by atoms with Crippen LogP contribution in [0.25, 0.3) is 0 Å². The molecule has 0 bridgehead atoms. The average molecular weight is 288 g/mol. The van der Waals surface area contributed by atoms with Gasteiger partial charge in [0.25, 0.3) is 0 Å². The molecule has 0 N–H and O–H groups in total. The van der Waals surface area contributed by atoms with Crippen molar-refractivity contribution >= 4 is 15.9 Å². The number of benzene rings is 2. The van der Waals surface area contributed by atoms with Gasteiger partial charge < -0.3 is 4.74 Å². The fourth-order valence-electron chi connectivity index (χ4n) is 1.49. The molecule has 17 heavy (non-hydrogen) atoms. The number of ether oxygens (including phenoxy) is 1. The molecule has 0 aliphatic heterocycles. The maximum Gasteiger partial charge on any atom is 0.128 e. The van der Waals surface area contributed by atoms with E-state index < -0.39 is 0 Å². The third-order valence-corrected chi connectivity index (χ3v) is 2.84. The SMILES string of the molecule is Cc1cc(Oc2cccc(Br)c2)ccc1C#N. The Balaban J connectivity index is 2.25. The molecule has 0 aliphatic carbocycles. The van der Waals surface area contributed by atoms with Gasteiger partial charge >= 0.3 is 0 Å². The summed E-state index contributed by atoms with van der Waals surface area (Å²) in [4.78, 5) is 0. The average Bonchev–Trinajstić information content (AvgIpc) is 2.29. The highest BCUT2D eigenvalue weighted by Gasteiger charge is 2.01. The number of aryl methyl sites for hydroxylation is 1. The monoisotopic (exact) mass is 287 g/mol. The molecule has 0 spiro atoms. The normalized spacial score (nSPS) is 9.71. The first-order valence-electron chi connectivity index (χ1n) is 5.13. The van der Waals surface area contributed by atoms with Crippen LogP contribution in [-0.4, -0.2) is 0 Å². The molecule has 0 saturated heterocycles. The predicted octanol–water partition coefficient (Wildman–Crippen LogP) is 4.42. The Labute approximate surface area is 109 Å². The van der Waals surface area contributed by atoms with Crippen molar-refractivity contribution in [2.45, 2.75) is 6.92 Å². The smallest absolute Gasteiger partial charge is 0.128 e. The maximum atomic E-state index is 8.84. The summed E-state index contributed by atoms with van der Waals surface area (Å²) < 4.78 is 6.67. The lowest BCUT2D eigenvalue weighted by molar-refractivity contribution is 0.482. The Morgan fingerprint density at radius 3 is 2.53 bits per heavy atom. The molecule has 3 heteroatoms. The second kappa shape index (κ2) is 5.03. The van der Waals surface area contributed by atoms with E-state index in [4.69, 9.17) is 10.00 Å². The molecular weight excluding hydrogens is 278 g/mol. The van der Waals surface area contributed by atoms with E-state index in [-0.39, 0.29) is 0 Å². The number of hydrogen-bond acceptors (Lipinski definition) is 2. The molecule has 2 rings (SSSR count). The lowest BCUT2D eigenvalue weighted by atomic mass is 10.1. The molecule has 0 amide bonds. The van der Waals surface area contributed by atoms with E-state index >= 15 is 0 Å². The third kappa shape index (κ3) is 2.86. The minimum Gasteiger partial charge on any atom is -0.457 e. The number of nitriles is 1. The summed E-state index contributed by atoms with van der Waals surface area (Å²) in [5.74, 6) is 1.50. The van der Waals surface area contributed by atoms with Gasteiger partial charge in [-0.25, -0.2) is 0 Å². The Morgan fingerprint density at radius 1 is 1.12 bits per heavy atom. The highest BCUT2D eigenvalue weighted by Crippen LogP contribution is 2.25. The van der Waals surface area contributed by atoms with Gasteiger partial charge in [-0.15, -0.1) is 0 Å². The fourth-order valence-corrected chi connectivity index (χ4v) is 1.87. The number of rotatable bonds is 2. The Morgan fingerprint density at radius 2 is 1.88 bits per heavy atom. The second-order valence-corrected chi connectivity index (χ2v) is 4.56. The highest BCUT2D eigenvalue weighted by molar-refractivity contribution is 9.10. The molecule has 0 unspecified atom stereocenters. The molecule has 2 aromatic carbocycles. The molecule has 2 nitrogen and oxygen atoms in total. The van der Waals surface area contributed by atoms with Crippen molar-refractivity contribution in [1.82, 2.24) is 0 Å². The van der Waals surface area contributed by atoms with Crippen LogP contribution >= 0.6 is 15.9 Å². The molecule has 0 aromatic heterocycles. The largest absolute Gasteiger partial charge is 0.457 e. The van der Waals surface area contributed by atoms with Gasteiger partial charge in [0.15, 0.2) is 0 Å². The zero-order chi connectivity index (χ0) is 12.3. The van der Waals surface area contributed by atoms with Crippen molar-refractivity contribution in [1.29, 1.82) is 5.26 Å². The van der Waals surface area contributed by atoms with Gasteiger partial charge in [-0.05, 0) is 48.9 Å². The Bertz CT molecular complexity index is 587. The standard InChI is InChI=1S/C14H10BrNO/c1-10-7-14(6-5-11(10)9-16)17-13-4-2-3-12(15)8-13/h2-8H,1H3. The van der Waals surface area contributed by atoms with Crippen molar-refractivity contribution in [2.75, 3.05) is 0 Å². The summed E-state index contributed by atoms with van der Waals surface area (Å²) in [7, 11) is 0. The predicted molar refractivity (Wildman–Crippen MR) is 70.1 cm³/mol. The van der Waals surface area contributed by atoms with Crippen LogP contribution in [0.1, 0.15) is 11.1 Å². The van der Waals surface area contributed by atoms with Crippen LogP contribution in [0.15, 0.2) is 46.9 Å². The van der Waals surface area contributed by atoms with Gasteiger partial charge in [-0.2, -0.15) is 5.26 Å². The summed E-state index contributed by atoms with van der Waals surface area (Å²) in [5.41, 5.74) is 1.59. The molecule has 0 atom stereocenters. The van der Waals surface area contributed by atoms with Gasteiger partial charge in [0.2, 0.25) is 0 Å². The van der Waals surface area contributed by atoms with Crippen LogP contribution in [-0.2, 0) is 0 Å². The van der Waals surface area contributed by atoms with E-state index in [9.17, 15) is 0 Å². The van der Waals surface area contributed by atoms with Gasteiger partial charge in [-0.1, -0.05) is 22.0 Å². The first-order valence-corrected chi connectivity index (χ1v) is 5.92. The summed E-state index contributed by atoms with van der Waals surface area (Å²) >= 11 is 3.39. The Hall–Kier alpha value is -1.79. The summed E-state index contributed by atoms with van der Waals surface area (Å²) in [5, 5.41) is 8.84. The van der Waals surface area contributed by atoms with E-state index in [0.29, 0.717) is 5.56 Å². The maximum absolute atomic E-state index is 8.84. The van der Waals surface area contributed by atoms with Crippen molar-refractivity contribution in [3.63, 3.8) is 0 Å². The number of hydrogen-bond donors (Lipinski definition) is 0. The Kier molecular flexibility index (Phi) is 3.46. The minimum absolute atomic E-state index is 0.673. The van der Waals surface area contributed by atoms with Crippen LogP contribution in [0.2, 0.25) is 0 Å². The van der Waals surface area contributed by atoms with E-state index in [1.165, 1.54) is 0 Å². The number of nitrogens with zero attached hydrogens (tertiary/aromatic N) is 1. The van der Waals surface area contributed by atoms with Gasteiger partial charge in [-0.3, -0.25) is 0 Å². The van der Waals surface area contributed by atoms with Gasteiger partial charge in [0, 0.05) is 4.47 Å². The molecule has 0 aliphatic rings. The first-order chi connectivity index (χ1) is 8.19. The topological polar surface area (TPSA) is 33.0 Å². The molecule has 84 valence electrons. The van der Waals surface area contributed by atoms with Crippen LogP contribution < -0.4 is 4.74 Å². The first kappa shape index (κ1) is 11.7. The van der Waals surface area contributed by atoms with Crippen molar-refractivity contribution < 1.29 is 4.74 Å². The van der Waals surface area contributed by atoms with E-state index in [0.717, 1.165) is 21.5 Å². The van der Waals surface area contributed by atoms with Crippen molar-refractivity contribution in [3.8, 4) is 17.6 Å². The van der Waals surface area contributed by atoms with Crippen molar-refractivity contribution in [2.24, 2.45) is 0 Å². The number of halogens is 1. The van der Waals surface area contributed by atoms with Crippen LogP contribution in [0.3, 0.4) is 0 Å². The molecule has 0 fully saturated rings. The van der Waals surface area contributed by atoms with Crippen LogP contribution in [0.4, 0.5) is 0 Å². The summed E-state index contributed by atoms with van der Waals surface area (Å²) in [6, 6.07) is 15.2. The molecular formula is C14H10BrNO. The fraction of sp³-hybridized carbons (Fsp3) is 0.0714. The summed E-state index contributed by atoms with van der Waals surface area (Å²) in [6.07, 6.45) is 0. The zero-order valence-corrected chi connectivity index (χ0v) is 10.9. The lowest BCUT2D eigenvalue weighted by Gasteiger charge is -2.07. The van der Waals surface area contributed by atoms with Gasteiger partial charge in [0.05, 0.1) is 11.6 Å². The van der Waals surface area contributed by atoms with E-state index in [2.05, 4.69) is 22.0 Å².